The summed E-state index contributed by atoms with van der Waals surface area (Å²) in [7, 11) is 0. The van der Waals surface area contributed by atoms with Gasteiger partial charge in [0, 0.05) is 38.8 Å². The lowest BCUT2D eigenvalue weighted by atomic mass is 9.87. The largest absolute Gasteiger partial charge is 0.397 e. The second-order valence-corrected chi connectivity index (χ2v) is 6.43. The number of carbonyl (C=O) groups is 1. The Kier molecular flexibility index (Phi) is 7.63. The van der Waals surface area contributed by atoms with Crippen molar-refractivity contribution in [2.45, 2.75) is 64.5 Å². The first-order valence-electron chi connectivity index (χ1n) is 8.27. The monoisotopic (exact) mass is 300 g/mol. The van der Waals surface area contributed by atoms with Crippen LogP contribution in [0.15, 0.2) is 0 Å². The highest BCUT2D eigenvalue weighted by atomic mass is 16.3. The van der Waals surface area contributed by atoms with Gasteiger partial charge in [-0.1, -0.05) is 0 Å². The van der Waals surface area contributed by atoms with Gasteiger partial charge in [-0.05, 0) is 46.5 Å². The third-order valence-electron chi connectivity index (χ3n) is 4.40. The van der Waals surface area contributed by atoms with Gasteiger partial charge >= 0.3 is 0 Å². The molecule has 0 aromatic carbocycles. The average molecular weight is 300 g/mol. The van der Waals surface area contributed by atoms with Gasteiger partial charge < -0.3 is 20.0 Å². The van der Waals surface area contributed by atoms with E-state index in [1.165, 1.54) is 0 Å². The van der Waals surface area contributed by atoms with Crippen molar-refractivity contribution in [3.63, 3.8) is 0 Å². The van der Waals surface area contributed by atoms with Crippen molar-refractivity contribution < 1.29 is 15.0 Å². The summed E-state index contributed by atoms with van der Waals surface area (Å²) in [6.07, 6.45) is 4.01. The van der Waals surface area contributed by atoms with Crippen LogP contribution < -0.4 is 0 Å². The van der Waals surface area contributed by atoms with Gasteiger partial charge in [-0.2, -0.15) is 0 Å². The Bertz CT molecular complexity index is 307. The summed E-state index contributed by atoms with van der Waals surface area (Å²) in [5.74, 6) is 0.146. The fraction of sp³-hybridized carbons (Fsp3) is 0.938. The van der Waals surface area contributed by atoms with Crippen molar-refractivity contribution in [1.82, 2.24) is 9.80 Å². The lowest BCUT2D eigenvalue weighted by molar-refractivity contribution is -0.137. The maximum atomic E-state index is 12.1. The molecule has 0 radical (unpaired) electrons. The first-order chi connectivity index (χ1) is 9.91. The van der Waals surface area contributed by atoms with Gasteiger partial charge in [-0.25, -0.2) is 0 Å². The lowest BCUT2D eigenvalue weighted by Crippen LogP contribution is -2.49. The van der Waals surface area contributed by atoms with Crippen LogP contribution in [0, 0.1) is 0 Å². The summed E-state index contributed by atoms with van der Waals surface area (Å²) in [6.45, 7) is 9.86. The van der Waals surface area contributed by atoms with Crippen molar-refractivity contribution in [3.05, 3.63) is 0 Å². The molecule has 0 bridgehead atoms. The molecule has 2 aliphatic rings. The Morgan fingerprint density at radius 1 is 1.14 bits per heavy atom. The molecule has 2 heterocycles. The smallest absolute Gasteiger partial charge is 0.225 e. The van der Waals surface area contributed by atoms with E-state index in [1.54, 1.807) is 6.92 Å². The van der Waals surface area contributed by atoms with Crippen molar-refractivity contribution in [3.8, 4) is 0 Å². The first kappa shape index (κ1) is 18.4. The first-order valence-corrected chi connectivity index (χ1v) is 8.27. The molecule has 0 aliphatic carbocycles. The number of aliphatic hydroxyl groups excluding tert-OH is 1. The number of rotatable bonds is 3. The van der Waals surface area contributed by atoms with Gasteiger partial charge in [-0.15, -0.1) is 0 Å². The zero-order valence-corrected chi connectivity index (χ0v) is 13.8. The molecule has 2 rings (SSSR count). The van der Waals surface area contributed by atoms with Crippen LogP contribution in [0.3, 0.4) is 0 Å². The number of aliphatic hydroxyl groups is 2. The Labute approximate surface area is 128 Å². The third-order valence-corrected chi connectivity index (χ3v) is 4.40. The molecule has 124 valence electrons. The molecule has 2 saturated heterocycles. The summed E-state index contributed by atoms with van der Waals surface area (Å²) < 4.78 is 0. The summed E-state index contributed by atoms with van der Waals surface area (Å²) in [5, 5.41) is 18.1. The van der Waals surface area contributed by atoms with Crippen molar-refractivity contribution in [2.75, 3.05) is 32.8 Å². The molecule has 2 N–H and O–H groups in total. The van der Waals surface area contributed by atoms with Gasteiger partial charge in [0.25, 0.3) is 0 Å². The van der Waals surface area contributed by atoms with Crippen LogP contribution in [0.25, 0.3) is 0 Å². The minimum absolute atomic E-state index is 0.146. The van der Waals surface area contributed by atoms with Crippen LogP contribution in [0.1, 0.15) is 52.9 Å². The molecule has 2 fully saturated rings. The minimum atomic E-state index is -0.759. The second kappa shape index (κ2) is 8.71. The van der Waals surface area contributed by atoms with Crippen LogP contribution in [0.2, 0.25) is 0 Å². The number of nitrogens with zero attached hydrogens (tertiary/aromatic N) is 2. The standard InChI is InChI=1S/C14H26N2O2.C2H6O/c1-12(2)15-9-5-14(18,6-10-15)11-13(17)16-7-3-4-8-16;1-2-3/h12,18H,3-11H2,1-2H3;3H,2H2,1H3. The highest BCUT2D eigenvalue weighted by Gasteiger charge is 2.36. The van der Waals surface area contributed by atoms with Crippen LogP contribution in [0.4, 0.5) is 0 Å². The number of likely N-dealkylation sites (tertiary alicyclic amines) is 2. The SMILES string of the molecule is CC(C)N1CCC(O)(CC(=O)N2CCCC2)CC1.CCO. The Morgan fingerprint density at radius 2 is 1.62 bits per heavy atom. The number of hydrogen-bond donors (Lipinski definition) is 2. The molecule has 0 aromatic rings. The quantitative estimate of drug-likeness (QED) is 0.823. The summed E-state index contributed by atoms with van der Waals surface area (Å²) in [5.41, 5.74) is -0.759. The molecular formula is C16H32N2O3. The Morgan fingerprint density at radius 3 is 2.05 bits per heavy atom. The molecule has 5 heteroatoms. The van der Waals surface area contributed by atoms with Crippen LogP contribution >= 0.6 is 0 Å². The van der Waals surface area contributed by atoms with E-state index in [-0.39, 0.29) is 12.5 Å². The van der Waals surface area contributed by atoms with Crippen molar-refractivity contribution in [2.24, 2.45) is 0 Å². The van der Waals surface area contributed by atoms with Crippen LogP contribution in [0.5, 0.6) is 0 Å². The fourth-order valence-corrected chi connectivity index (χ4v) is 2.99. The van der Waals surface area contributed by atoms with E-state index in [1.807, 2.05) is 4.90 Å². The maximum Gasteiger partial charge on any atom is 0.225 e. The molecule has 0 saturated carbocycles. The zero-order valence-electron chi connectivity index (χ0n) is 13.8. The maximum absolute atomic E-state index is 12.1. The number of piperidine rings is 1. The van der Waals surface area contributed by atoms with E-state index in [0.29, 0.717) is 12.5 Å². The van der Waals surface area contributed by atoms with E-state index >= 15 is 0 Å². The van der Waals surface area contributed by atoms with Gasteiger partial charge in [0.2, 0.25) is 5.91 Å². The van der Waals surface area contributed by atoms with E-state index in [2.05, 4.69) is 18.7 Å². The predicted octanol–water partition coefficient (Wildman–Crippen LogP) is 1.23. The molecule has 21 heavy (non-hydrogen) atoms. The highest BCUT2D eigenvalue weighted by Crippen LogP contribution is 2.28. The fourth-order valence-electron chi connectivity index (χ4n) is 2.99. The van der Waals surface area contributed by atoms with Gasteiger partial charge in [0.15, 0.2) is 0 Å². The van der Waals surface area contributed by atoms with Crippen molar-refractivity contribution >= 4 is 5.91 Å². The minimum Gasteiger partial charge on any atom is -0.397 e. The molecule has 1 amide bonds. The summed E-state index contributed by atoms with van der Waals surface area (Å²) in [6, 6.07) is 0.531. The topological polar surface area (TPSA) is 64.0 Å². The molecular weight excluding hydrogens is 268 g/mol. The highest BCUT2D eigenvalue weighted by molar-refractivity contribution is 5.77. The Hall–Kier alpha value is -0.650. The molecule has 0 unspecified atom stereocenters. The van der Waals surface area contributed by atoms with Crippen molar-refractivity contribution in [1.29, 1.82) is 0 Å². The van der Waals surface area contributed by atoms with E-state index in [0.717, 1.165) is 51.9 Å². The van der Waals surface area contributed by atoms with Crippen LogP contribution in [-0.4, -0.2) is 70.3 Å². The second-order valence-electron chi connectivity index (χ2n) is 6.43. The molecule has 0 aromatic heterocycles. The van der Waals surface area contributed by atoms with Gasteiger partial charge in [0.05, 0.1) is 12.0 Å². The van der Waals surface area contributed by atoms with E-state index < -0.39 is 5.60 Å². The molecule has 2 aliphatic heterocycles. The average Bonchev–Trinajstić information content (AvgIpc) is 2.93. The summed E-state index contributed by atoms with van der Waals surface area (Å²) in [4.78, 5) is 16.4. The molecule has 0 atom stereocenters. The molecule has 5 nitrogen and oxygen atoms in total. The van der Waals surface area contributed by atoms with E-state index in [4.69, 9.17) is 5.11 Å². The Balaban J connectivity index is 0.000000677. The van der Waals surface area contributed by atoms with Crippen LogP contribution in [-0.2, 0) is 4.79 Å². The molecule has 0 spiro atoms. The third kappa shape index (κ3) is 5.93. The van der Waals surface area contributed by atoms with E-state index in [9.17, 15) is 9.90 Å². The zero-order chi connectivity index (χ0) is 15.9. The predicted molar refractivity (Wildman–Crippen MR) is 84.1 cm³/mol. The lowest BCUT2D eigenvalue weighted by Gasteiger charge is -2.40. The van der Waals surface area contributed by atoms with Gasteiger partial charge in [-0.3, -0.25) is 4.79 Å². The normalized spacial score (nSPS) is 22.1. The number of carbonyl (C=O) groups excluding carboxylic acids is 1. The van der Waals surface area contributed by atoms with Gasteiger partial charge in [0.1, 0.15) is 0 Å². The summed E-state index contributed by atoms with van der Waals surface area (Å²) >= 11 is 0. The number of amides is 1. The number of hydrogen-bond acceptors (Lipinski definition) is 4.